The van der Waals surface area contributed by atoms with Gasteiger partial charge in [0.25, 0.3) is 0 Å². The van der Waals surface area contributed by atoms with Crippen molar-refractivity contribution in [3.05, 3.63) is 16.7 Å². The van der Waals surface area contributed by atoms with Crippen LogP contribution in [0, 0.1) is 0 Å². The summed E-state index contributed by atoms with van der Waals surface area (Å²) in [5.74, 6) is 0. The van der Waals surface area contributed by atoms with Crippen molar-refractivity contribution in [3.8, 4) is 11.3 Å². The van der Waals surface area contributed by atoms with Gasteiger partial charge in [-0.15, -0.1) is 0 Å². The molecule has 6 heteroatoms. The van der Waals surface area contributed by atoms with Crippen LogP contribution in [0.3, 0.4) is 0 Å². The highest BCUT2D eigenvalue weighted by Gasteiger charge is 2.09. The van der Waals surface area contributed by atoms with Crippen molar-refractivity contribution in [3.63, 3.8) is 0 Å². The molecule has 0 unspecified atom stereocenters. The molecule has 62 valence electrons. The summed E-state index contributed by atoms with van der Waals surface area (Å²) >= 11 is 7.13. The van der Waals surface area contributed by atoms with Crippen molar-refractivity contribution in [2.24, 2.45) is 0 Å². The zero-order chi connectivity index (χ0) is 8.55. The first-order chi connectivity index (χ1) is 5.77. The van der Waals surface area contributed by atoms with Gasteiger partial charge < -0.3 is 5.73 Å². The van der Waals surface area contributed by atoms with E-state index < -0.39 is 0 Å². The first kappa shape index (κ1) is 7.57. The SMILES string of the molecule is Nc1nc(-c2cn[nH]c2)c(Cl)s1. The van der Waals surface area contributed by atoms with Gasteiger partial charge in [-0.2, -0.15) is 5.10 Å². The van der Waals surface area contributed by atoms with E-state index in [1.54, 1.807) is 12.4 Å². The van der Waals surface area contributed by atoms with Crippen LogP contribution in [0.2, 0.25) is 4.34 Å². The minimum Gasteiger partial charge on any atom is -0.375 e. The van der Waals surface area contributed by atoms with Gasteiger partial charge in [0.1, 0.15) is 10.0 Å². The Kier molecular flexibility index (Phi) is 1.74. The highest BCUT2D eigenvalue weighted by molar-refractivity contribution is 7.19. The number of hydrogen-bond donors (Lipinski definition) is 2. The minimum absolute atomic E-state index is 0.469. The van der Waals surface area contributed by atoms with Crippen LogP contribution < -0.4 is 5.73 Å². The summed E-state index contributed by atoms with van der Waals surface area (Å²) < 4.78 is 0.592. The van der Waals surface area contributed by atoms with E-state index in [0.29, 0.717) is 15.2 Å². The highest BCUT2D eigenvalue weighted by atomic mass is 35.5. The second kappa shape index (κ2) is 2.76. The third-order valence-electron chi connectivity index (χ3n) is 1.37. The Labute approximate surface area is 77.4 Å². The predicted octanol–water partition coefficient (Wildman–Crippen LogP) is 1.77. The number of aromatic amines is 1. The molecule has 0 aliphatic heterocycles. The standard InChI is InChI=1S/C6H5ClN4S/c7-5-4(11-6(8)12-5)3-1-9-10-2-3/h1-2H,(H2,8,11)(H,9,10). The van der Waals surface area contributed by atoms with Gasteiger partial charge in [-0.05, 0) is 0 Å². The maximum atomic E-state index is 5.87. The molecular weight excluding hydrogens is 196 g/mol. The van der Waals surface area contributed by atoms with Crippen LogP contribution in [0.15, 0.2) is 12.4 Å². The van der Waals surface area contributed by atoms with Crippen molar-refractivity contribution < 1.29 is 0 Å². The fourth-order valence-corrected chi connectivity index (χ4v) is 1.84. The number of hydrogen-bond acceptors (Lipinski definition) is 4. The summed E-state index contributed by atoms with van der Waals surface area (Å²) in [6.45, 7) is 0. The minimum atomic E-state index is 0.469. The number of H-pyrrole nitrogens is 1. The lowest BCUT2D eigenvalue weighted by Gasteiger charge is -1.87. The number of thiazole rings is 1. The first-order valence-electron chi connectivity index (χ1n) is 3.18. The largest absolute Gasteiger partial charge is 0.375 e. The van der Waals surface area contributed by atoms with E-state index in [2.05, 4.69) is 15.2 Å². The van der Waals surface area contributed by atoms with Crippen LogP contribution in [-0.4, -0.2) is 15.2 Å². The molecule has 0 bridgehead atoms. The van der Waals surface area contributed by atoms with Crippen LogP contribution >= 0.6 is 22.9 Å². The summed E-state index contributed by atoms with van der Waals surface area (Å²) in [5.41, 5.74) is 7.02. The summed E-state index contributed by atoms with van der Waals surface area (Å²) in [4.78, 5) is 4.06. The molecule has 0 aliphatic carbocycles. The number of nitrogens with two attached hydrogens (primary N) is 1. The molecule has 12 heavy (non-hydrogen) atoms. The molecule has 3 N–H and O–H groups in total. The molecule has 0 fully saturated rings. The van der Waals surface area contributed by atoms with Crippen molar-refractivity contribution in [1.29, 1.82) is 0 Å². The Balaban J connectivity index is 2.54. The average Bonchev–Trinajstić information content (AvgIpc) is 2.58. The topological polar surface area (TPSA) is 67.6 Å². The van der Waals surface area contributed by atoms with Crippen LogP contribution in [0.4, 0.5) is 5.13 Å². The molecule has 0 aromatic carbocycles. The van der Waals surface area contributed by atoms with Gasteiger partial charge in [-0.25, -0.2) is 4.98 Å². The molecule has 0 radical (unpaired) electrons. The van der Waals surface area contributed by atoms with E-state index in [9.17, 15) is 0 Å². The lowest BCUT2D eigenvalue weighted by Crippen LogP contribution is -1.81. The number of nitrogens with one attached hydrogen (secondary N) is 1. The first-order valence-corrected chi connectivity index (χ1v) is 4.38. The van der Waals surface area contributed by atoms with E-state index >= 15 is 0 Å². The number of nitrogens with zero attached hydrogens (tertiary/aromatic N) is 2. The van der Waals surface area contributed by atoms with Gasteiger partial charge in [-0.3, -0.25) is 5.10 Å². The zero-order valence-corrected chi connectivity index (χ0v) is 7.49. The predicted molar refractivity (Wildman–Crippen MR) is 49.1 cm³/mol. The number of aromatic nitrogens is 3. The van der Waals surface area contributed by atoms with Crippen molar-refractivity contribution >= 4 is 28.1 Å². The molecule has 0 spiro atoms. The van der Waals surface area contributed by atoms with Crippen molar-refractivity contribution in [1.82, 2.24) is 15.2 Å². The molecule has 0 saturated heterocycles. The molecule has 2 aromatic heterocycles. The number of halogens is 1. The van der Waals surface area contributed by atoms with Crippen molar-refractivity contribution in [2.45, 2.75) is 0 Å². The van der Waals surface area contributed by atoms with Crippen LogP contribution in [0.25, 0.3) is 11.3 Å². The molecule has 0 amide bonds. The van der Waals surface area contributed by atoms with Crippen molar-refractivity contribution in [2.75, 3.05) is 5.73 Å². The Bertz CT molecular complexity index is 380. The van der Waals surface area contributed by atoms with Gasteiger partial charge in [0.05, 0.1) is 6.20 Å². The Morgan fingerprint density at radius 3 is 2.92 bits per heavy atom. The summed E-state index contributed by atoms with van der Waals surface area (Å²) in [6, 6.07) is 0. The van der Waals surface area contributed by atoms with Crippen LogP contribution in [-0.2, 0) is 0 Å². The van der Waals surface area contributed by atoms with E-state index in [0.717, 1.165) is 5.56 Å². The highest BCUT2D eigenvalue weighted by Crippen LogP contribution is 2.32. The van der Waals surface area contributed by atoms with E-state index in [1.807, 2.05) is 0 Å². The Morgan fingerprint density at radius 1 is 1.58 bits per heavy atom. The molecular formula is C6H5ClN4S. The normalized spacial score (nSPS) is 10.4. The summed E-state index contributed by atoms with van der Waals surface area (Å²) in [6.07, 6.45) is 3.38. The molecule has 0 saturated carbocycles. The fraction of sp³-hybridized carbons (Fsp3) is 0. The van der Waals surface area contributed by atoms with Crippen LogP contribution in [0.1, 0.15) is 0 Å². The molecule has 2 heterocycles. The smallest absolute Gasteiger partial charge is 0.182 e. The van der Waals surface area contributed by atoms with Gasteiger partial charge in [-0.1, -0.05) is 22.9 Å². The number of anilines is 1. The molecule has 0 aliphatic rings. The molecule has 0 atom stereocenters. The number of nitrogen functional groups attached to an aromatic ring is 1. The van der Waals surface area contributed by atoms with Gasteiger partial charge in [0.15, 0.2) is 5.13 Å². The fourth-order valence-electron chi connectivity index (χ4n) is 0.876. The maximum Gasteiger partial charge on any atom is 0.182 e. The van der Waals surface area contributed by atoms with Gasteiger partial charge in [0, 0.05) is 11.8 Å². The Hall–Kier alpha value is -1.07. The molecule has 4 nitrogen and oxygen atoms in total. The second-order valence-electron chi connectivity index (χ2n) is 2.16. The molecule has 2 rings (SSSR count). The maximum absolute atomic E-state index is 5.87. The average molecular weight is 201 g/mol. The lowest BCUT2D eigenvalue weighted by molar-refractivity contribution is 1.09. The molecule has 2 aromatic rings. The third-order valence-corrected chi connectivity index (χ3v) is 2.46. The quantitative estimate of drug-likeness (QED) is 0.737. The van der Waals surface area contributed by atoms with Gasteiger partial charge >= 0.3 is 0 Å². The second-order valence-corrected chi connectivity index (χ2v) is 3.79. The lowest BCUT2D eigenvalue weighted by atomic mass is 10.3. The number of rotatable bonds is 1. The Morgan fingerprint density at radius 2 is 2.42 bits per heavy atom. The third kappa shape index (κ3) is 1.17. The monoisotopic (exact) mass is 200 g/mol. The summed E-state index contributed by atoms with van der Waals surface area (Å²) in [7, 11) is 0. The van der Waals surface area contributed by atoms with Gasteiger partial charge in [0.2, 0.25) is 0 Å². The van der Waals surface area contributed by atoms with E-state index in [1.165, 1.54) is 11.3 Å². The van der Waals surface area contributed by atoms with Crippen LogP contribution in [0.5, 0.6) is 0 Å². The van der Waals surface area contributed by atoms with E-state index in [4.69, 9.17) is 17.3 Å². The zero-order valence-electron chi connectivity index (χ0n) is 5.91. The summed E-state index contributed by atoms with van der Waals surface area (Å²) in [5, 5.41) is 6.94. The van der Waals surface area contributed by atoms with E-state index in [-0.39, 0.29) is 0 Å².